The van der Waals surface area contributed by atoms with Crippen molar-refractivity contribution in [2.45, 2.75) is 45.3 Å². The van der Waals surface area contributed by atoms with Gasteiger partial charge in [0.25, 0.3) is 0 Å². The van der Waals surface area contributed by atoms with Crippen LogP contribution in [0.5, 0.6) is 11.5 Å². The van der Waals surface area contributed by atoms with E-state index in [0.717, 1.165) is 30.6 Å². The number of ether oxygens (including phenoxy) is 2. The average Bonchev–Trinajstić information content (AvgIpc) is 3.27. The normalized spacial score (nSPS) is 18.8. The van der Waals surface area contributed by atoms with Crippen LogP contribution in [-0.2, 0) is 16.0 Å². The van der Waals surface area contributed by atoms with Gasteiger partial charge < -0.3 is 14.8 Å². The molecule has 2 aliphatic rings. The van der Waals surface area contributed by atoms with Crippen LogP contribution >= 0.6 is 0 Å². The van der Waals surface area contributed by atoms with Crippen LogP contribution in [0.1, 0.15) is 37.8 Å². The van der Waals surface area contributed by atoms with Crippen LogP contribution in [0.2, 0.25) is 0 Å². The fourth-order valence-electron chi connectivity index (χ4n) is 2.53. The minimum Gasteiger partial charge on any atom is -0.493 e. The molecule has 0 bridgehead atoms. The molecule has 3 rings (SSSR count). The third-order valence-electron chi connectivity index (χ3n) is 3.82. The summed E-state index contributed by atoms with van der Waals surface area (Å²) in [5.74, 6) is 0.0347. The molecule has 0 unspecified atom stereocenters. The van der Waals surface area contributed by atoms with Crippen molar-refractivity contribution in [1.82, 2.24) is 10.7 Å². The molecule has 1 aliphatic heterocycles. The Labute approximate surface area is 140 Å². The van der Waals surface area contributed by atoms with Gasteiger partial charge >= 0.3 is 11.8 Å². The summed E-state index contributed by atoms with van der Waals surface area (Å²) in [6.45, 7) is 4.43. The number of carbonyl (C=O) groups excluding carboxylic acids is 2. The van der Waals surface area contributed by atoms with Crippen molar-refractivity contribution in [3.63, 3.8) is 0 Å². The summed E-state index contributed by atoms with van der Waals surface area (Å²) in [6, 6.07) is 3.90. The third kappa shape index (κ3) is 3.84. The molecule has 1 aromatic rings. The van der Waals surface area contributed by atoms with Gasteiger partial charge in [0.15, 0.2) is 0 Å². The van der Waals surface area contributed by atoms with Crippen molar-refractivity contribution in [3.8, 4) is 11.5 Å². The first kappa shape index (κ1) is 16.3. The summed E-state index contributed by atoms with van der Waals surface area (Å²) >= 11 is 0. The largest absolute Gasteiger partial charge is 0.493 e. The molecule has 0 spiro atoms. The van der Waals surface area contributed by atoms with E-state index in [0.29, 0.717) is 17.9 Å². The van der Waals surface area contributed by atoms with Crippen LogP contribution in [-0.4, -0.2) is 36.8 Å². The maximum Gasteiger partial charge on any atom is 0.329 e. The highest BCUT2D eigenvalue weighted by Crippen LogP contribution is 2.34. The highest BCUT2D eigenvalue weighted by molar-refractivity contribution is 6.35. The molecule has 1 heterocycles. The highest BCUT2D eigenvalue weighted by Gasteiger charge is 2.26. The van der Waals surface area contributed by atoms with Crippen LogP contribution in [0.3, 0.4) is 0 Å². The Morgan fingerprint density at radius 1 is 1.38 bits per heavy atom. The predicted molar refractivity (Wildman–Crippen MR) is 88.3 cm³/mol. The van der Waals surface area contributed by atoms with Gasteiger partial charge in [-0.05, 0) is 38.8 Å². The molecule has 1 atom stereocenters. The number of rotatable bonds is 5. The summed E-state index contributed by atoms with van der Waals surface area (Å²) in [5, 5.41) is 6.46. The second-order valence-corrected chi connectivity index (χ2v) is 6.01. The highest BCUT2D eigenvalue weighted by atomic mass is 16.5. The van der Waals surface area contributed by atoms with Gasteiger partial charge in [-0.15, -0.1) is 0 Å². The summed E-state index contributed by atoms with van der Waals surface area (Å²) in [6.07, 6.45) is 4.28. The predicted octanol–water partition coefficient (Wildman–Crippen LogP) is 1.14. The number of hydrogen-bond acceptors (Lipinski definition) is 5. The number of benzene rings is 1. The lowest BCUT2D eigenvalue weighted by molar-refractivity contribution is -0.139. The van der Waals surface area contributed by atoms with Gasteiger partial charge in [-0.3, -0.25) is 9.59 Å². The molecule has 0 aromatic heterocycles. The van der Waals surface area contributed by atoms with Crippen LogP contribution in [0.25, 0.3) is 0 Å². The molecule has 128 valence electrons. The Morgan fingerprint density at radius 2 is 2.17 bits per heavy atom. The molecule has 1 fully saturated rings. The summed E-state index contributed by atoms with van der Waals surface area (Å²) in [7, 11) is 0. The van der Waals surface area contributed by atoms with Crippen molar-refractivity contribution in [2.24, 2.45) is 5.10 Å². The van der Waals surface area contributed by atoms with Gasteiger partial charge in [-0.2, -0.15) is 5.10 Å². The number of nitrogens with zero attached hydrogens (tertiary/aromatic N) is 1. The maximum atomic E-state index is 11.6. The van der Waals surface area contributed by atoms with E-state index in [-0.39, 0.29) is 12.1 Å². The zero-order valence-corrected chi connectivity index (χ0v) is 13.8. The van der Waals surface area contributed by atoms with Crippen LogP contribution < -0.4 is 20.2 Å². The smallest absolute Gasteiger partial charge is 0.329 e. The summed E-state index contributed by atoms with van der Waals surface area (Å²) in [4.78, 5) is 23.2. The minimum absolute atomic E-state index is 0.132. The van der Waals surface area contributed by atoms with E-state index in [1.54, 1.807) is 0 Å². The molecule has 1 aromatic carbocycles. The Hall–Kier alpha value is -2.57. The van der Waals surface area contributed by atoms with Gasteiger partial charge in [0.1, 0.15) is 17.6 Å². The van der Waals surface area contributed by atoms with Crippen molar-refractivity contribution >= 4 is 18.0 Å². The molecule has 24 heavy (non-hydrogen) atoms. The zero-order valence-electron chi connectivity index (χ0n) is 13.8. The molecule has 1 aliphatic carbocycles. The molecule has 1 saturated carbocycles. The van der Waals surface area contributed by atoms with Gasteiger partial charge in [-0.1, -0.05) is 0 Å². The topological polar surface area (TPSA) is 89.0 Å². The van der Waals surface area contributed by atoms with E-state index in [9.17, 15) is 9.59 Å². The number of carbonyl (C=O) groups is 2. The molecular formula is C17H21N3O4. The van der Waals surface area contributed by atoms with Gasteiger partial charge in [0, 0.05) is 23.6 Å². The Bertz CT molecular complexity index is 683. The number of nitrogens with one attached hydrogen (secondary N) is 2. The monoisotopic (exact) mass is 331 g/mol. The Morgan fingerprint density at radius 3 is 2.88 bits per heavy atom. The number of amides is 2. The number of hydrogen-bond donors (Lipinski definition) is 2. The van der Waals surface area contributed by atoms with Gasteiger partial charge in [-0.25, -0.2) is 5.43 Å². The number of hydrazone groups is 1. The van der Waals surface area contributed by atoms with Crippen molar-refractivity contribution in [3.05, 3.63) is 23.3 Å². The van der Waals surface area contributed by atoms with Gasteiger partial charge in [0.05, 0.1) is 12.8 Å². The number of fused-ring (bicyclic) bond motifs is 1. The van der Waals surface area contributed by atoms with E-state index < -0.39 is 11.8 Å². The van der Waals surface area contributed by atoms with Gasteiger partial charge in [0.2, 0.25) is 0 Å². The summed E-state index contributed by atoms with van der Waals surface area (Å²) < 4.78 is 11.4. The first-order valence-corrected chi connectivity index (χ1v) is 8.17. The molecular weight excluding hydrogens is 310 g/mol. The lowest BCUT2D eigenvalue weighted by Gasteiger charge is -2.09. The van der Waals surface area contributed by atoms with E-state index in [1.165, 1.54) is 6.21 Å². The lowest BCUT2D eigenvalue weighted by Crippen LogP contribution is -2.38. The van der Waals surface area contributed by atoms with Crippen LogP contribution in [0.4, 0.5) is 0 Å². The minimum atomic E-state index is -0.776. The molecule has 7 heteroatoms. The first-order chi connectivity index (χ1) is 11.6. The van der Waals surface area contributed by atoms with Crippen LogP contribution in [0.15, 0.2) is 17.2 Å². The fraction of sp³-hybridized carbons (Fsp3) is 0.471. The van der Waals surface area contributed by atoms with Crippen LogP contribution in [0, 0.1) is 0 Å². The second kappa shape index (κ2) is 6.90. The van der Waals surface area contributed by atoms with E-state index in [2.05, 4.69) is 15.8 Å². The quantitative estimate of drug-likeness (QED) is 0.481. The van der Waals surface area contributed by atoms with E-state index in [4.69, 9.17) is 9.47 Å². The van der Waals surface area contributed by atoms with Crippen molar-refractivity contribution in [2.75, 3.05) is 6.61 Å². The second-order valence-electron chi connectivity index (χ2n) is 6.01. The fourth-order valence-corrected chi connectivity index (χ4v) is 2.53. The summed E-state index contributed by atoms with van der Waals surface area (Å²) in [5.41, 5.74) is 4.01. The van der Waals surface area contributed by atoms with E-state index >= 15 is 0 Å². The molecule has 0 radical (unpaired) electrons. The lowest BCUT2D eigenvalue weighted by atomic mass is 10.1. The Balaban J connectivity index is 1.67. The third-order valence-corrected chi connectivity index (χ3v) is 3.82. The molecule has 7 nitrogen and oxygen atoms in total. The Kier molecular flexibility index (Phi) is 4.69. The van der Waals surface area contributed by atoms with Crippen molar-refractivity contribution < 1.29 is 19.1 Å². The van der Waals surface area contributed by atoms with Crippen molar-refractivity contribution in [1.29, 1.82) is 0 Å². The standard InChI is InChI=1S/C17H21N3O4/c1-3-23-14-7-11-6-10(2)24-15(11)8-12(14)9-18-20-17(22)16(21)19-13-4-5-13/h7-10,13H,3-6H2,1-2H3,(H,19,21)(H,20,22)/b18-9-/t10-/m1/s1. The molecule has 2 amide bonds. The average molecular weight is 331 g/mol. The zero-order chi connectivity index (χ0) is 17.1. The van der Waals surface area contributed by atoms with E-state index in [1.807, 2.05) is 26.0 Å². The maximum absolute atomic E-state index is 11.6. The first-order valence-electron chi connectivity index (χ1n) is 8.17. The molecule has 0 saturated heterocycles. The molecule has 2 N–H and O–H groups in total. The SMILES string of the molecule is CCOc1cc2c(cc1/C=N\NC(=O)C(=O)NC1CC1)O[C@H](C)C2.